The first-order valence-corrected chi connectivity index (χ1v) is 10.4. The Labute approximate surface area is 168 Å². The molecule has 1 aliphatic heterocycles. The second-order valence-corrected chi connectivity index (χ2v) is 8.06. The first-order chi connectivity index (χ1) is 13.7. The van der Waals surface area contributed by atoms with Gasteiger partial charge in [-0.3, -0.25) is 4.79 Å². The summed E-state index contributed by atoms with van der Waals surface area (Å²) in [5.74, 6) is 2.33. The number of nitrogens with zero attached hydrogens (tertiary/aromatic N) is 3. The fraction of sp³-hybridized carbons (Fsp3) is 0.381. The van der Waals surface area contributed by atoms with Crippen molar-refractivity contribution in [1.82, 2.24) is 15.0 Å². The Morgan fingerprint density at radius 1 is 1.25 bits per heavy atom. The van der Waals surface area contributed by atoms with E-state index in [4.69, 9.17) is 9.26 Å². The number of rotatable bonds is 6. The minimum absolute atomic E-state index is 0.0551. The quantitative estimate of drug-likeness (QED) is 0.632. The number of likely N-dealkylation sites (tertiary alicyclic amines) is 1. The van der Waals surface area contributed by atoms with Gasteiger partial charge in [0.1, 0.15) is 12.2 Å². The average Bonchev–Trinajstić information content (AvgIpc) is 3.41. The van der Waals surface area contributed by atoms with Crippen LogP contribution in [0.2, 0.25) is 0 Å². The van der Waals surface area contributed by atoms with Gasteiger partial charge in [0.05, 0.1) is 7.11 Å². The van der Waals surface area contributed by atoms with Gasteiger partial charge in [0.2, 0.25) is 17.6 Å². The van der Waals surface area contributed by atoms with Gasteiger partial charge in [-0.2, -0.15) is 4.98 Å². The van der Waals surface area contributed by atoms with Crippen molar-refractivity contribution >= 4 is 17.2 Å². The van der Waals surface area contributed by atoms with Crippen LogP contribution in [0.3, 0.4) is 0 Å². The van der Waals surface area contributed by atoms with Crippen LogP contribution in [0.15, 0.2) is 46.3 Å². The van der Waals surface area contributed by atoms with Crippen molar-refractivity contribution in [3.05, 3.63) is 52.5 Å². The second kappa shape index (κ2) is 8.56. The Morgan fingerprint density at radius 2 is 2.04 bits per heavy atom. The summed E-state index contributed by atoms with van der Waals surface area (Å²) < 4.78 is 10.4. The van der Waals surface area contributed by atoms with Crippen molar-refractivity contribution in [3.8, 4) is 17.1 Å². The molecule has 0 atom stereocenters. The van der Waals surface area contributed by atoms with Crippen molar-refractivity contribution in [1.29, 1.82) is 0 Å². The van der Waals surface area contributed by atoms with Crippen molar-refractivity contribution in [3.63, 3.8) is 0 Å². The molecule has 0 aliphatic carbocycles. The Morgan fingerprint density at radius 3 is 2.71 bits per heavy atom. The molecule has 1 amide bonds. The number of piperidine rings is 1. The van der Waals surface area contributed by atoms with E-state index >= 15 is 0 Å². The van der Waals surface area contributed by atoms with Crippen molar-refractivity contribution in [2.45, 2.75) is 25.7 Å². The van der Waals surface area contributed by atoms with Crippen LogP contribution in [0.1, 0.15) is 23.6 Å². The molecule has 7 heteroatoms. The molecule has 6 nitrogen and oxygen atoms in total. The topological polar surface area (TPSA) is 68.5 Å². The van der Waals surface area contributed by atoms with Crippen molar-refractivity contribution in [2.75, 3.05) is 20.2 Å². The fourth-order valence-electron chi connectivity index (χ4n) is 3.52. The zero-order valence-electron chi connectivity index (χ0n) is 15.8. The summed E-state index contributed by atoms with van der Waals surface area (Å²) >= 11 is 1.81. The van der Waals surface area contributed by atoms with Crippen molar-refractivity contribution < 1.29 is 14.1 Å². The molecule has 146 valence electrons. The van der Waals surface area contributed by atoms with E-state index in [0.29, 0.717) is 17.6 Å². The maximum absolute atomic E-state index is 12.6. The van der Waals surface area contributed by atoms with E-state index in [2.05, 4.69) is 27.7 Å². The Balaban J connectivity index is 1.30. The normalized spacial score (nSPS) is 15.0. The maximum Gasteiger partial charge on any atom is 0.236 e. The number of carbonyl (C=O) groups is 1. The molecule has 1 aliphatic rings. The Kier molecular flexibility index (Phi) is 5.71. The lowest BCUT2D eigenvalue weighted by molar-refractivity contribution is -0.132. The van der Waals surface area contributed by atoms with Gasteiger partial charge < -0.3 is 14.2 Å². The van der Waals surface area contributed by atoms with Gasteiger partial charge in [0, 0.05) is 23.5 Å². The van der Waals surface area contributed by atoms with Gasteiger partial charge in [-0.1, -0.05) is 11.2 Å². The molecular weight excluding hydrogens is 374 g/mol. The van der Waals surface area contributed by atoms with Gasteiger partial charge in [-0.15, -0.1) is 11.3 Å². The van der Waals surface area contributed by atoms with Crippen molar-refractivity contribution in [2.24, 2.45) is 5.92 Å². The van der Waals surface area contributed by atoms with Gasteiger partial charge >= 0.3 is 0 Å². The fourth-order valence-corrected chi connectivity index (χ4v) is 4.35. The molecule has 2 aromatic heterocycles. The molecule has 3 aromatic rings. The third-order valence-electron chi connectivity index (χ3n) is 5.16. The average molecular weight is 398 g/mol. The van der Waals surface area contributed by atoms with E-state index in [1.54, 1.807) is 7.11 Å². The number of ether oxygens (including phenoxy) is 1. The molecule has 0 N–H and O–H groups in total. The predicted octanol–water partition coefficient (Wildman–Crippen LogP) is 3.83. The summed E-state index contributed by atoms with van der Waals surface area (Å²) in [6.07, 6.45) is 3.36. The number of benzene rings is 1. The lowest BCUT2D eigenvalue weighted by Gasteiger charge is -2.31. The van der Waals surface area contributed by atoms with Gasteiger partial charge in [-0.25, -0.2) is 0 Å². The van der Waals surface area contributed by atoms with Crippen LogP contribution < -0.4 is 4.74 Å². The molecule has 0 unspecified atom stereocenters. The number of methoxy groups -OCH3 is 1. The van der Waals surface area contributed by atoms with Crippen LogP contribution in [0.25, 0.3) is 11.4 Å². The molecule has 3 heterocycles. The monoisotopic (exact) mass is 397 g/mol. The number of hydrogen-bond donors (Lipinski definition) is 0. The number of amides is 1. The molecule has 1 saturated heterocycles. The molecule has 0 bridgehead atoms. The Hall–Kier alpha value is -2.67. The predicted molar refractivity (Wildman–Crippen MR) is 107 cm³/mol. The van der Waals surface area contributed by atoms with Crippen LogP contribution in [0.5, 0.6) is 5.75 Å². The van der Waals surface area contributed by atoms with Crippen LogP contribution in [-0.4, -0.2) is 41.1 Å². The minimum Gasteiger partial charge on any atom is -0.497 e. The lowest BCUT2D eigenvalue weighted by Crippen LogP contribution is -2.39. The van der Waals surface area contributed by atoms with E-state index in [1.807, 2.05) is 40.5 Å². The molecule has 0 spiro atoms. The maximum atomic E-state index is 12.6. The number of carbonyl (C=O) groups excluding carboxylic acids is 1. The zero-order chi connectivity index (χ0) is 19.3. The molecule has 1 fully saturated rings. The van der Waals surface area contributed by atoms with E-state index in [1.165, 1.54) is 4.88 Å². The molecule has 4 rings (SSSR count). The number of hydrogen-bond acceptors (Lipinski definition) is 6. The van der Waals surface area contributed by atoms with E-state index in [0.717, 1.165) is 43.7 Å². The summed E-state index contributed by atoms with van der Waals surface area (Å²) in [5, 5.41) is 6.12. The van der Waals surface area contributed by atoms with Crippen LogP contribution in [0, 0.1) is 5.92 Å². The van der Waals surface area contributed by atoms with E-state index in [9.17, 15) is 4.79 Å². The van der Waals surface area contributed by atoms with Gasteiger partial charge in [0.15, 0.2) is 0 Å². The summed E-state index contributed by atoms with van der Waals surface area (Å²) in [6.45, 7) is 1.60. The third-order valence-corrected chi connectivity index (χ3v) is 6.05. The molecular formula is C21H23N3O3S. The van der Waals surface area contributed by atoms with E-state index < -0.39 is 0 Å². The Bertz CT molecular complexity index is 897. The highest BCUT2D eigenvalue weighted by Gasteiger charge is 2.24. The van der Waals surface area contributed by atoms with Crippen LogP contribution in [0.4, 0.5) is 0 Å². The largest absolute Gasteiger partial charge is 0.497 e. The smallest absolute Gasteiger partial charge is 0.236 e. The standard InChI is InChI=1S/C21H23N3O3S/c1-26-17-6-4-16(5-7-17)21-22-19(27-23-21)14-20(25)24-10-8-15(9-11-24)13-18-3-2-12-28-18/h2-7,12,15H,8-11,13-14H2,1H3. The van der Waals surface area contributed by atoms with Gasteiger partial charge in [0.25, 0.3) is 0 Å². The molecule has 0 radical (unpaired) electrons. The number of aromatic nitrogens is 2. The highest BCUT2D eigenvalue weighted by atomic mass is 32.1. The first-order valence-electron chi connectivity index (χ1n) is 9.48. The summed E-state index contributed by atoms with van der Waals surface area (Å²) in [4.78, 5) is 20.3. The SMILES string of the molecule is COc1ccc(-c2noc(CC(=O)N3CCC(Cc4cccs4)CC3)n2)cc1. The minimum atomic E-state index is 0.0551. The summed E-state index contributed by atoms with van der Waals surface area (Å²) in [7, 11) is 1.62. The van der Waals surface area contributed by atoms with E-state index in [-0.39, 0.29) is 12.3 Å². The van der Waals surface area contributed by atoms with Crippen LogP contribution in [-0.2, 0) is 17.6 Å². The summed E-state index contributed by atoms with van der Waals surface area (Å²) in [5.41, 5.74) is 0.831. The van der Waals surface area contributed by atoms with Crippen LogP contribution >= 0.6 is 11.3 Å². The lowest BCUT2D eigenvalue weighted by atomic mass is 9.93. The molecule has 0 saturated carbocycles. The molecule has 28 heavy (non-hydrogen) atoms. The highest BCUT2D eigenvalue weighted by molar-refractivity contribution is 7.09. The summed E-state index contributed by atoms with van der Waals surface area (Å²) in [6, 6.07) is 11.7. The molecule has 1 aromatic carbocycles. The third kappa shape index (κ3) is 4.42. The first kappa shape index (κ1) is 18.7. The highest BCUT2D eigenvalue weighted by Crippen LogP contribution is 2.24. The second-order valence-electron chi connectivity index (χ2n) is 7.02. The number of thiophene rings is 1. The van der Waals surface area contributed by atoms with Gasteiger partial charge in [-0.05, 0) is 60.9 Å². The zero-order valence-corrected chi connectivity index (χ0v) is 16.7.